The lowest BCUT2D eigenvalue weighted by molar-refractivity contribution is -0.124. The average molecular weight is 305 g/mol. The summed E-state index contributed by atoms with van der Waals surface area (Å²) in [6.45, 7) is 3.50. The lowest BCUT2D eigenvalue weighted by Crippen LogP contribution is -2.53. The molecule has 0 radical (unpaired) electrons. The summed E-state index contributed by atoms with van der Waals surface area (Å²) in [7, 11) is 0. The number of aromatic nitrogens is 1. The largest absolute Gasteiger partial charge is 0.482 e. The Labute approximate surface area is 130 Å². The van der Waals surface area contributed by atoms with Crippen LogP contribution in [0, 0.1) is 0 Å². The molecule has 2 atom stereocenters. The van der Waals surface area contributed by atoms with Crippen LogP contribution in [0.5, 0.6) is 5.75 Å². The van der Waals surface area contributed by atoms with Crippen LogP contribution in [0.25, 0.3) is 0 Å². The highest BCUT2D eigenvalue weighted by Gasteiger charge is 2.34. The van der Waals surface area contributed by atoms with Gasteiger partial charge in [0.15, 0.2) is 6.61 Å². The number of pyridine rings is 1. The second-order valence-corrected chi connectivity index (χ2v) is 5.85. The second kappa shape index (κ2) is 7.56. The van der Waals surface area contributed by atoms with Gasteiger partial charge in [0, 0.05) is 6.20 Å². The smallest absolute Gasteiger partial charge is 0.258 e. The number of hydrogen-bond donors (Lipinski definition) is 1. The van der Waals surface area contributed by atoms with Crippen molar-refractivity contribution in [3.8, 4) is 5.75 Å². The molecule has 2 fully saturated rings. The first-order chi connectivity index (χ1) is 10.8. The molecule has 0 saturated carbocycles. The van der Waals surface area contributed by atoms with Gasteiger partial charge in [0.1, 0.15) is 5.75 Å². The average Bonchev–Trinajstić information content (AvgIpc) is 3.03. The minimum Gasteiger partial charge on any atom is -0.482 e. The molecule has 2 saturated heterocycles. The van der Waals surface area contributed by atoms with Gasteiger partial charge in [-0.1, -0.05) is 6.42 Å². The van der Waals surface area contributed by atoms with Gasteiger partial charge < -0.3 is 14.8 Å². The molecule has 0 unspecified atom stereocenters. The standard InChI is InChI=1S/C16H23N3O3/c20-16(12-22-13-5-4-6-17-9-13)18-14-10-21-11-15(14)19-7-2-1-3-8-19/h4-6,9,14-15H,1-3,7-8,10-12H2,(H,18,20)/t14-,15-/m1/s1. The normalized spacial score (nSPS) is 25.8. The quantitative estimate of drug-likeness (QED) is 0.873. The van der Waals surface area contributed by atoms with Crippen molar-refractivity contribution in [2.24, 2.45) is 0 Å². The van der Waals surface area contributed by atoms with E-state index in [1.165, 1.54) is 19.3 Å². The summed E-state index contributed by atoms with van der Waals surface area (Å²) in [5.41, 5.74) is 0. The molecule has 1 N–H and O–H groups in total. The van der Waals surface area contributed by atoms with E-state index in [4.69, 9.17) is 9.47 Å². The lowest BCUT2D eigenvalue weighted by atomic mass is 10.0. The third-order valence-corrected chi connectivity index (χ3v) is 4.26. The van der Waals surface area contributed by atoms with Gasteiger partial charge in [-0.2, -0.15) is 0 Å². The number of amides is 1. The second-order valence-electron chi connectivity index (χ2n) is 5.85. The zero-order chi connectivity index (χ0) is 15.2. The Morgan fingerprint density at radius 1 is 1.36 bits per heavy atom. The summed E-state index contributed by atoms with van der Waals surface area (Å²) in [6.07, 6.45) is 7.05. The monoisotopic (exact) mass is 305 g/mol. The molecule has 2 aliphatic heterocycles. The highest BCUT2D eigenvalue weighted by molar-refractivity contribution is 5.78. The van der Waals surface area contributed by atoms with Gasteiger partial charge in [0.05, 0.1) is 31.5 Å². The SMILES string of the molecule is O=C(COc1cccnc1)N[C@@H]1COC[C@H]1N1CCCCC1. The van der Waals surface area contributed by atoms with Crippen LogP contribution in [0.1, 0.15) is 19.3 Å². The predicted octanol–water partition coefficient (Wildman–Crippen LogP) is 0.830. The van der Waals surface area contributed by atoms with E-state index in [9.17, 15) is 4.79 Å². The molecule has 3 heterocycles. The van der Waals surface area contributed by atoms with Crippen molar-refractivity contribution in [1.82, 2.24) is 15.2 Å². The maximum absolute atomic E-state index is 12.1. The molecule has 0 bridgehead atoms. The molecule has 22 heavy (non-hydrogen) atoms. The van der Waals surface area contributed by atoms with Gasteiger partial charge in [-0.15, -0.1) is 0 Å². The van der Waals surface area contributed by atoms with Gasteiger partial charge in [0.25, 0.3) is 5.91 Å². The van der Waals surface area contributed by atoms with Crippen molar-refractivity contribution >= 4 is 5.91 Å². The van der Waals surface area contributed by atoms with Crippen LogP contribution in [0.4, 0.5) is 0 Å². The Morgan fingerprint density at radius 3 is 3.00 bits per heavy atom. The number of nitrogens with one attached hydrogen (secondary N) is 1. The molecule has 2 aliphatic rings. The lowest BCUT2D eigenvalue weighted by Gasteiger charge is -2.34. The maximum Gasteiger partial charge on any atom is 0.258 e. The van der Waals surface area contributed by atoms with E-state index in [0.29, 0.717) is 25.0 Å². The molecule has 1 amide bonds. The molecule has 0 aliphatic carbocycles. The molecule has 3 rings (SSSR count). The van der Waals surface area contributed by atoms with E-state index >= 15 is 0 Å². The number of hydrogen-bond acceptors (Lipinski definition) is 5. The minimum absolute atomic E-state index is 0.00884. The van der Waals surface area contributed by atoms with Crippen LogP contribution in [-0.4, -0.2) is 60.8 Å². The Balaban J connectivity index is 1.47. The van der Waals surface area contributed by atoms with Crippen LogP contribution >= 0.6 is 0 Å². The first kappa shape index (κ1) is 15.2. The van der Waals surface area contributed by atoms with Crippen molar-refractivity contribution in [1.29, 1.82) is 0 Å². The summed E-state index contributed by atoms with van der Waals surface area (Å²) < 4.78 is 11.0. The summed E-state index contributed by atoms with van der Waals surface area (Å²) in [4.78, 5) is 18.5. The third kappa shape index (κ3) is 3.96. The van der Waals surface area contributed by atoms with Crippen LogP contribution in [0.3, 0.4) is 0 Å². The van der Waals surface area contributed by atoms with Crippen LogP contribution in [-0.2, 0) is 9.53 Å². The topological polar surface area (TPSA) is 63.7 Å². The van der Waals surface area contributed by atoms with Gasteiger partial charge in [-0.25, -0.2) is 0 Å². The summed E-state index contributed by atoms with van der Waals surface area (Å²) in [6, 6.07) is 3.92. The van der Waals surface area contributed by atoms with Gasteiger partial charge in [-0.3, -0.25) is 14.7 Å². The number of rotatable bonds is 5. The number of piperidine rings is 1. The highest BCUT2D eigenvalue weighted by atomic mass is 16.5. The Bertz CT molecular complexity index is 477. The van der Waals surface area contributed by atoms with Crippen molar-refractivity contribution in [3.63, 3.8) is 0 Å². The van der Waals surface area contributed by atoms with Crippen molar-refractivity contribution in [2.45, 2.75) is 31.3 Å². The van der Waals surface area contributed by atoms with E-state index in [-0.39, 0.29) is 18.6 Å². The number of nitrogens with zero attached hydrogens (tertiary/aromatic N) is 2. The Kier molecular flexibility index (Phi) is 5.24. The molecule has 0 spiro atoms. The Morgan fingerprint density at radius 2 is 2.23 bits per heavy atom. The molecule has 1 aromatic heterocycles. The number of carbonyl (C=O) groups is 1. The van der Waals surface area contributed by atoms with Crippen LogP contribution < -0.4 is 10.1 Å². The van der Waals surface area contributed by atoms with Gasteiger partial charge >= 0.3 is 0 Å². The molecule has 1 aromatic rings. The minimum atomic E-state index is -0.110. The van der Waals surface area contributed by atoms with Crippen LogP contribution in [0.2, 0.25) is 0 Å². The fourth-order valence-electron chi connectivity index (χ4n) is 3.12. The molecular formula is C16H23N3O3. The Hall–Kier alpha value is -1.66. The first-order valence-electron chi connectivity index (χ1n) is 7.97. The van der Waals surface area contributed by atoms with E-state index < -0.39 is 0 Å². The zero-order valence-electron chi connectivity index (χ0n) is 12.7. The van der Waals surface area contributed by atoms with Gasteiger partial charge in [-0.05, 0) is 38.1 Å². The van der Waals surface area contributed by atoms with E-state index in [1.54, 1.807) is 24.5 Å². The predicted molar refractivity (Wildman–Crippen MR) is 81.7 cm³/mol. The van der Waals surface area contributed by atoms with E-state index in [0.717, 1.165) is 13.1 Å². The molecule has 0 aromatic carbocycles. The van der Waals surface area contributed by atoms with E-state index in [2.05, 4.69) is 15.2 Å². The molecule has 6 heteroatoms. The van der Waals surface area contributed by atoms with E-state index in [1.807, 2.05) is 0 Å². The van der Waals surface area contributed by atoms with Crippen molar-refractivity contribution in [2.75, 3.05) is 32.9 Å². The first-order valence-corrected chi connectivity index (χ1v) is 7.97. The van der Waals surface area contributed by atoms with Crippen LogP contribution in [0.15, 0.2) is 24.5 Å². The van der Waals surface area contributed by atoms with Crippen molar-refractivity contribution < 1.29 is 14.3 Å². The third-order valence-electron chi connectivity index (χ3n) is 4.26. The molecular weight excluding hydrogens is 282 g/mol. The fraction of sp³-hybridized carbons (Fsp3) is 0.625. The fourth-order valence-corrected chi connectivity index (χ4v) is 3.12. The number of likely N-dealkylation sites (tertiary alicyclic amines) is 1. The summed E-state index contributed by atoms with van der Waals surface area (Å²) in [5, 5.41) is 3.05. The summed E-state index contributed by atoms with van der Waals surface area (Å²) in [5.74, 6) is 0.495. The highest BCUT2D eigenvalue weighted by Crippen LogP contribution is 2.19. The molecule has 120 valence electrons. The number of ether oxygens (including phenoxy) is 2. The zero-order valence-corrected chi connectivity index (χ0v) is 12.7. The molecule has 6 nitrogen and oxygen atoms in total. The summed E-state index contributed by atoms with van der Waals surface area (Å²) >= 11 is 0. The van der Waals surface area contributed by atoms with Gasteiger partial charge in [0.2, 0.25) is 0 Å². The maximum atomic E-state index is 12.1. The number of carbonyl (C=O) groups excluding carboxylic acids is 1. The van der Waals surface area contributed by atoms with Crippen molar-refractivity contribution in [3.05, 3.63) is 24.5 Å².